The molecule has 0 amide bonds. The molecule has 2 aromatic rings. The predicted molar refractivity (Wildman–Crippen MR) is 91.2 cm³/mol. The van der Waals surface area contributed by atoms with Crippen LogP contribution in [0.5, 0.6) is 5.75 Å². The maximum atomic E-state index is 12.0. The van der Waals surface area contributed by atoms with Crippen molar-refractivity contribution in [3.05, 3.63) is 40.7 Å². The van der Waals surface area contributed by atoms with E-state index in [4.69, 9.17) is 4.74 Å². The van der Waals surface area contributed by atoms with Gasteiger partial charge in [-0.25, -0.2) is 4.98 Å². The van der Waals surface area contributed by atoms with Gasteiger partial charge in [-0.05, 0) is 18.7 Å². The quantitative estimate of drug-likeness (QED) is 0.928. The molecule has 6 heteroatoms. The second-order valence-corrected chi connectivity index (χ2v) is 5.61. The molecule has 1 aliphatic rings. The van der Waals surface area contributed by atoms with E-state index in [1.54, 1.807) is 7.11 Å². The van der Waals surface area contributed by atoms with Crippen LogP contribution in [0.4, 0.5) is 5.95 Å². The summed E-state index contributed by atoms with van der Waals surface area (Å²) < 4.78 is 5.25. The van der Waals surface area contributed by atoms with E-state index in [0.29, 0.717) is 11.6 Å². The van der Waals surface area contributed by atoms with Gasteiger partial charge in [0.1, 0.15) is 5.75 Å². The summed E-state index contributed by atoms with van der Waals surface area (Å²) in [6.45, 7) is 6.95. The van der Waals surface area contributed by atoms with Crippen molar-refractivity contribution in [2.45, 2.75) is 6.92 Å². The second kappa shape index (κ2) is 6.83. The highest BCUT2D eigenvalue weighted by Gasteiger charge is 2.18. The fourth-order valence-electron chi connectivity index (χ4n) is 2.80. The molecule has 1 saturated heterocycles. The van der Waals surface area contributed by atoms with Gasteiger partial charge in [0, 0.05) is 37.8 Å². The Morgan fingerprint density at radius 2 is 2.00 bits per heavy atom. The summed E-state index contributed by atoms with van der Waals surface area (Å²) in [5.41, 5.74) is 1.41. The zero-order chi connectivity index (χ0) is 16.2. The summed E-state index contributed by atoms with van der Waals surface area (Å²) in [6, 6.07) is 9.13. The SMILES string of the molecule is CCN1CCN(c2nc(-c3cccc(OC)c3)cc(=O)[nH]2)CC1. The van der Waals surface area contributed by atoms with Crippen LogP contribution in [0.25, 0.3) is 11.3 Å². The number of nitrogens with one attached hydrogen (secondary N) is 1. The smallest absolute Gasteiger partial charge is 0.252 e. The Morgan fingerprint density at radius 3 is 2.70 bits per heavy atom. The largest absolute Gasteiger partial charge is 0.497 e. The number of aromatic amines is 1. The number of benzene rings is 1. The van der Waals surface area contributed by atoms with E-state index in [1.807, 2.05) is 24.3 Å². The van der Waals surface area contributed by atoms with E-state index in [9.17, 15) is 4.79 Å². The molecule has 1 aromatic heterocycles. The number of aromatic nitrogens is 2. The Labute approximate surface area is 135 Å². The van der Waals surface area contributed by atoms with Crippen LogP contribution in [0.15, 0.2) is 35.1 Å². The van der Waals surface area contributed by atoms with Crippen molar-refractivity contribution >= 4 is 5.95 Å². The number of anilines is 1. The maximum absolute atomic E-state index is 12.0. The first-order valence-electron chi connectivity index (χ1n) is 7.92. The standard InChI is InChI=1S/C17H22N4O2/c1-3-20-7-9-21(10-8-20)17-18-15(12-16(22)19-17)13-5-4-6-14(11-13)23-2/h4-6,11-12H,3,7-10H2,1-2H3,(H,18,19,22). The molecule has 122 valence electrons. The molecule has 2 heterocycles. The first-order chi connectivity index (χ1) is 11.2. The minimum Gasteiger partial charge on any atom is -0.497 e. The van der Waals surface area contributed by atoms with Crippen LogP contribution in [0.2, 0.25) is 0 Å². The summed E-state index contributed by atoms with van der Waals surface area (Å²) in [5, 5.41) is 0. The Hall–Kier alpha value is -2.34. The number of methoxy groups -OCH3 is 1. The van der Waals surface area contributed by atoms with Gasteiger partial charge >= 0.3 is 0 Å². The van der Waals surface area contributed by atoms with E-state index in [-0.39, 0.29) is 5.56 Å². The van der Waals surface area contributed by atoms with Crippen LogP contribution in [-0.2, 0) is 0 Å². The van der Waals surface area contributed by atoms with Crippen molar-refractivity contribution in [2.24, 2.45) is 0 Å². The van der Waals surface area contributed by atoms with Crippen molar-refractivity contribution in [2.75, 3.05) is 44.7 Å². The molecular weight excluding hydrogens is 292 g/mol. The van der Waals surface area contributed by atoms with Gasteiger partial charge in [-0.3, -0.25) is 9.78 Å². The number of rotatable bonds is 4. The third kappa shape index (κ3) is 3.53. The highest BCUT2D eigenvalue weighted by atomic mass is 16.5. The molecule has 1 aliphatic heterocycles. The third-order valence-electron chi connectivity index (χ3n) is 4.21. The fourth-order valence-corrected chi connectivity index (χ4v) is 2.80. The van der Waals surface area contributed by atoms with Crippen LogP contribution < -0.4 is 15.2 Å². The van der Waals surface area contributed by atoms with E-state index >= 15 is 0 Å². The molecule has 3 rings (SSSR count). The van der Waals surface area contributed by atoms with E-state index in [1.165, 1.54) is 6.07 Å². The number of nitrogens with zero attached hydrogens (tertiary/aromatic N) is 3. The Kier molecular flexibility index (Phi) is 4.62. The average molecular weight is 314 g/mol. The molecule has 0 atom stereocenters. The molecule has 0 bridgehead atoms. The van der Waals surface area contributed by atoms with Gasteiger partial charge in [-0.1, -0.05) is 19.1 Å². The average Bonchev–Trinajstić information content (AvgIpc) is 2.61. The van der Waals surface area contributed by atoms with Crippen molar-refractivity contribution < 1.29 is 4.74 Å². The molecule has 0 saturated carbocycles. The number of piperazine rings is 1. The molecular formula is C17H22N4O2. The zero-order valence-corrected chi connectivity index (χ0v) is 13.6. The first-order valence-corrected chi connectivity index (χ1v) is 7.92. The van der Waals surface area contributed by atoms with Gasteiger partial charge < -0.3 is 14.5 Å². The summed E-state index contributed by atoms with van der Waals surface area (Å²) in [6.07, 6.45) is 0. The fraction of sp³-hybridized carbons (Fsp3) is 0.412. The highest BCUT2D eigenvalue weighted by molar-refractivity contribution is 5.62. The van der Waals surface area contributed by atoms with Crippen LogP contribution in [0.3, 0.4) is 0 Å². The minimum absolute atomic E-state index is 0.134. The van der Waals surface area contributed by atoms with Crippen molar-refractivity contribution in [1.29, 1.82) is 0 Å². The Balaban J connectivity index is 1.89. The van der Waals surface area contributed by atoms with Crippen LogP contribution >= 0.6 is 0 Å². The molecule has 0 radical (unpaired) electrons. The second-order valence-electron chi connectivity index (χ2n) is 5.61. The lowest BCUT2D eigenvalue weighted by Gasteiger charge is -2.34. The number of likely N-dealkylation sites (N-methyl/N-ethyl adjacent to an activating group) is 1. The molecule has 0 unspecified atom stereocenters. The third-order valence-corrected chi connectivity index (χ3v) is 4.21. The molecule has 6 nitrogen and oxygen atoms in total. The first kappa shape index (κ1) is 15.6. The summed E-state index contributed by atoms with van der Waals surface area (Å²) in [7, 11) is 1.63. The minimum atomic E-state index is -0.134. The van der Waals surface area contributed by atoms with Gasteiger partial charge in [0.15, 0.2) is 0 Å². The predicted octanol–water partition coefficient (Wildman–Crippen LogP) is 1.59. The molecule has 1 fully saturated rings. The lowest BCUT2D eigenvalue weighted by Crippen LogP contribution is -2.47. The maximum Gasteiger partial charge on any atom is 0.252 e. The summed E-state index contributed by atoms with van der Waals surface area (Å²) in [5.74, 6) is 1.40. The van der Waals surface area contributed by atoms with Gasteiger partial charge in [-0.2, -0.15) is 0 Å². The van der Waals surface area contributed by atoms with Crippen molar-refractivity contribution in [1.82, 2.24) is 14.9 Å². The number of hydrogen-bond acceptors (Lipinski definition) is 5. The molecule has 1 N–H and O–H groups in total. The molecule has 23 heavy (non-hydrogen) atoms. The van der Waals surface area contributed by atoms with Crippen LogP contribution in [0.1, 0.15) is 6.92 Å². The van der Waals surface area contributed by atoms with Gasteiger partial charge in [0.05, 0.1) is 12.8 Å². The molecule has 0 spiro atoms. The normalized spacial score (nSPS) is 15.7. The van der Waals surface area contributed by atoms with Gasteiger partial charge in [-0.15, -0.1) is 0 Å². The number of H-pyrrole nitrogens is 1. The van der Waals surface area contributed by atoms with Gasteiger partial charge in [0.2, 0.25) is 5.95 Å². The van der Waals surface area contributed by atoms with E-state index in [0.717, 1.165) is 44.0 Å². The molecule has 0 aliphatic carbocycles. The topological polar surface area (TPSA) is 61.5 Å². The van der Waals surface area contributed by atoms with E-state index in [2.05, 4.69) is 26.7 Å². The van der Waals surface area contributed by atoms with Crippen molar-refractivity contribution in [3.63, 3.8) is 0 Å². The summed E-state index contributed by atoms with van der Waals surface area (Å²) >= 11 is 0. The Bertz CT molecular complexity index is 721. The zero-order valence-electron chi connectivity index (χ0n) is 13.6. The number of hydrogen-bond donors (Lipinski definition) is 1. The van der Waals surface area contributed by atoms with Crippen LogP contribution in [-0.4, -0.2) is 54.7 Å². The monoisotopic (exact) mass is 314 g/mol. The van der Waals surface area contributed by atoms with Crippen LogP contribution in [0, 0.1) is 0 Å². The summed E-state index contributed by atoms with van der Waals surface area (Å²) in [4.78, 5) is 24.1. The number of ether oxygens (including phenoxy) is 1. The lowest BCUT2D eigenvalue weighted by atomic mass is 10.1. The van der Waals surface area contributed by atoms with E-state index < -0.39 is 0 Å². The highest BCUT2D eigenvalue weighted by Crippen LogP contribution is 2.22. The van der Waals surface area contributed by atoms with Crippen molar-refractivity contribution in [3.8, 4) is 17.0 Å². The lowest BCUT2D eigenvalue weighted by molar-refractivity contribution is 0.270. The molecule has 1 aromatic carbocycles. The van der Waals surface area contributed by atoms with Gasteiger partial charge in [0.25, 0.3) is 5.56 Å². The Morgan fingerprint density at radius 1 is 1.22 bits per heavy atom.